The lowest BCUT2D eigenvalue weighted by atomic mass is 10.2. The average Bonchev–Trinajstić information content (AvgIpc) is 2.40. The number of nitrogens with zero attached hydrogens (tertiary/aromatic N) is 1. The third-order valence-corrected chi connectivity index (χ3v) is 2.53. The van der Waals surface area contributed by atoms with Crippen LogP contribution < -0.4 is 10.6 Å². The fourth-order valence-electron chi connectivity index (χ4n) is 1.66. The molecule has 0 saturated carbocycles. The summed E-state index contributed by atoms with van der Waals surface area (Å²) in [5.74, 6) is 0. The predicted octanol–water partition coefficient (Wildman–Crippen LogP) is 3.38. The molecule has 0 aliphatic rings. The van der Waals surface area contributed by atoms with Gasteiger partial charge in [0.15, 0.2) is 0 Å². The van der Waals surface area contributed by atoms with E-state index < -0.39 is 4.92 Å². The molecule has 2 rings (SSSR count). The number of nitro groups is 1. The van der Waals surface area contributed by atoms with Crippen LogP contribution >= 0.6 is 0 Å². The van der Waals surface area contributed by atoms with Gasteiger partial charge in [0, 0.05) is 24.5 Å². The summed E-state index contributed by atoms with van der Waals surface area (Å²) in [6.07, 6.45) is 0. The quantitative estimate of drug-likeness (QED) is 0.638. The summed E-state index contributed by atoms with van der Waals surface area (Å²) in [6, 6.07) is 14.5. The molecule has 0 saturated heterocycles. The molecule has 0 radical (unpaired) electrons. The monoisotopic (exact) mass is 243 g/mol. The minimum absolute atomic E-state index is 0.0541. The summed E-state index contributed by atoms with van der Waals surface area (Å²) in [4.78, 5) is 10.5. The lowest BCUT2D eigenvalue weighted by Crippen LogP contribution is -1.98. The summed E-state index contributed by atoms with van der Waals surface area (Å²) in [7, 11) is 1.66. The molecule has 0 fully saturated rings. The fraction of sp³-hybridized carbons (Fsp3) is 0.0769. The van der Waals surface area contributed by atoms with Crippen LogP contribution in [-0.2, 0) is 0 Å². The SMILES string of the molecule is CNc1ccc(Nc2ccccc2)cc1[N+](=O)[O-]. The van der Waals surface area contributed by atoms with E-state index in [9.17, 15) is 10.1 Å². The highest BCUT2D eigenvalue weighted by Crippen LogP contribution is 2.28. The van der Waals surface area contributed by atoms with E-state index >= 15 is 0 Å². The Kier molecular flexibility index (Phi) is 3.43. The van der Waals surface area contributed by atoms with Crippen LogP contribution in [0.25, 0.3) is 0 Å². The number of rotatable bonds is 4. The maximum Gasteiger partial charge on any atom is 0.294 e. The van der Waals surface area contributed by atoms with Crippen molar-refractivity contribution in [1.82, 2.24) is 0 Å². The van der Waals surface area contributed by atoms with Crippen molar-refractivity contribution in [2.45, 2.75) is 0 Å². The highest BCUT2D eigenvalue weighted by Gasteiger charge is 2.13. The van der Waals surface area contributed by atoms with Crippen molar-refractivity contribution in [2.75, 3.05) is 17.7 Å². The molecule has 92 valence electrons. The third-order valence-electron chi connectivity index (χ3n) is 2.53. The van der Waals surface area contributed by atoms with E-state index in [1.807, 2.05) is 30.3 Å². The molecule has 0 amide bonds. The van der Waals surface area contributed by atoms with Crippen molar-refractivity contribution in [1.29, 1.82) is 0 Å². The lowest BCUT2D eigenvalue weighted by molar-refractivity contribution is -0.383. The molecule has 0 aliphatic heterocycles. The zero-order valence-electron chi connectivity index (χ0n) is 9.88. The maximum atomic E-state index is 10.9. The van der Waals surface area contributed by atoms with Gasteiger partial charge in [-0.1, -0.05) is 18.2 Å². The van der Waals surface area contributed by atoms with Gasteiger partial charge in [0.25, 0.3) is 5.69 Å². The van der Waals surface area contributed by atoms with Crippen molar-refractivity contribution in [2.24, 2.45) is 0 Å². The van der Waals surface area contributed by atoms with E-state index in [0.29, 0.717) is 11.4 Å². The second-order valence-electron chi connectivity index (χ2n) is 3.73. The van der Waals surface area contributed by atoms with E-state index in [4.69, 9.17) is 0 Å². The smallest absolute Gasteiger partial charge is 0.294 e. The number of hydrogen-bond donors (Lipinski definition) is 2. The van der Waals surface area contributed by atoms with Gasteiger partial charge in [0.1, 0.15) is 5.69 Å². The molecular weight excluding hydrogens is 230 g/mol. The molecule has 0 heterocycles. The third kappa shape index (κ3) is 2.57. The highest BCUT2D eigenvalue weighted by atomic mass is 16.6. The Morgan fingerprint density at radius 1 is 1.06 bits per heavy atom. The molecule has 2 aromatic rings. The van der Waals surface area contributed by atoms with Gasteiger partial charge < -0.3 is 10.6 Å². The summed E-state index contributed by atoms with van der Waals surface area (Å²) >= 11 is 0. The summed E-state index contributed by atoms with van der Waals surface area (Å²) in [5.41, 5.74) is 2.13. The van der Waals surface area contributed by atoms with Gasteiger partial charge in [-0.05, 0) is 24.3 Å². The van der Waals surface area contributed by atoms with E-state index in [1.165, 1.54) is 6.07 Å². The van der Waals surface area contributed by atoms with Gasteiger partial charge in [-0.25, -0.2) is 0 Å². The molecule has 18 heavy (non-hydrogen) atoms. The minimum Gasteiger partial charge on any atom is -0.383 e. The summed E-state index contributed by atoms with van der Waals surface area (Å²) in [6.45, 7) is 0. The summed E-state index contributed by atoms with van der Waals surface area (Å²) in [5, 5.41) is 16.8. The molecule has 0 aliphatic carbocycles. The van der Waals surface area contributed by atoms with Gasteiger partial charge in [-0.3, -0.25) is 10.1 Å². The first-order chi connectivity index (χ1) is 8.70. The Bertz CT molecular complexity index is 555. The molecule has 0 spiro atoms. The minimum atomic E-state index is -0.401. The average molecular weight is 243 g/mol. The number of benzene rings is 2. The number of nitro benzene ring substituents is 1. The van der Waals surface area contributed by atoms with Crippen molar-refractivity contribution in [3.63, 3.8) is 0 Å². The van der Waals surface area contributed by atoms with Crippen LogP contribution in [0, 0.1) is 10.1 Å². The van der Waals surface area contributed by atoms with Crippen molar-refractivity contribution in [3.8, 4) is 0 Å². The number of para-hydroxylation sites is 1. The number of nitrogens with one attached hydrogen (secondary N) is 2. The zero-order chi connectivity index (χ0) is 13.0. The molecule has 5 nitrogen and oxygen atoms in total. The highest BCUT2D eigenvalue weighted by molar-refractivity contribution is 5.70. The van der Waals surface area contributed by atoms with E-state index in [0.717, 1.165) is 5.69 Å². The Hall–Kier alpha value is -2.56. The van der Waals surface area contributed by atoms with Crippen molar-refractivity contribution < 1.29 is 4.92 Å². The van der Waals surface area contributed by atoms with E-state index in [1.54, 1.807) is 19.2 Å². The Labute approximate surface area is 105 Å². The van der Waals surface area contributed by atoms with Crippen molar-refractivity contribution in [3.05, 3.63) is 58.6 Å². The van der Waals surface area contributed by atoms with E-state index in [-0.39, 0.29) is 5.69 Å². The maximum absolute atomic E-state index is 10.9. The van der Waals surface area contributed by atoms with Crippen LogP contribution in [0.2, 0.25) is 0 Å². The van der Waals surface area contributed by atoms with Gasteiger partial charge >= 0.3 is 0 Å². The largest absolute Gasteiger partial charge is 0.383 e. The summed E-state index contributed by atoms with van der Waals surface area (Å²) < 4.78 is 0. The Balaban J connectivity index is 2.30. The normalized spacial score (nSPS) is 9.83. The second-order valence-corrected chi connectivity index (χ2v) is 3.73. The predicted molar refractivity (Wildman–Crippen MR) is 72.4 cm³/mol. The molecular formula is C13H13N3O2. The lowest BCUT2D eigenvalue weighted by Gasteiger charge is -2.08. The van der Waals surface area contributed by atoms with Crippen LogP contribution in [-0.4, -0.2) is 12.0 Å². The molecule has 2 aromatic carbocycles. The molecule has 0 aromatic heterocycles. The standard InChI is InChI=1S/C13H13N3O2/c1-14-12-8-7-11(9-13(12)16(17)18)15-10-5-3-2-4-6-10/h2-9,14-15H,1H3. The molecule has 0 bridgehead atoms. The van der Waals surface area contributed by atoms with Crippen LogP contribution in [0.1, 0.15) is 0 Å². The van der Waals surface area contributed by atoms with Crippen LogP contribution in [0.3, 0.4) is 0 Å². The van der Waals surface area contributed by atoms with Crippen molar-refractivity contribution >= 4 is 22.7 Å². The Morgan fingerprint density at radius 3 is 2.39 bits per heavy atom. The van der Waals surface area contributed by atoms with Gasteiger partial charge in [0.05, 0.1) is 4.92 Å². The van der Waals surface area contributed by atoms with Gasteiger partial charge in [-0.15, -0.1) is 0 Å². The topological polar surface area (TPSA) is 67.2 Å². The Morgan fingerprint density at radius 2 is 1.78 bits per heavy atom. The first-order valence-corrected chi connectivity index (χ1v) is 5.49. The van der Waals surface area contributed by atoms with Crippen LogP contribution in [0.4, 0.5) is 22.7 Å². The van der Waals surface area contributed by atoms with E-state index in [2.05, 4.69) is 10.6 Å². The van der Waals surface area contributed by atoms with Crippen LogP contribution in [0.15, 0.2) is 48.5 Å². The fourth-order valence-corrected chi connectivity index (χ4v) is 1.66. The first-order valence-electron chi connectivity index (χ1n) is 5.49. The molecule has 0 atom stereocenters. The molecule has 0 unspecified atom stereocenters. The van der Waals surface area contributed by atoms with Gasteiger partial charge in [0.2, 0.25) is 0 Å². The van der Waals surface area contributed by atoms with Crippen LogP contribution in [0.5, 0.6) is 0 Å². The zero-order valence-corrected chi connectivity index (χ0v) is 9.88. The molecule has 5 heteroatoms. The number of hydrogen-bond acceptors (Lipinski definition) is 4. The van der Waals surface area contributed by atoms with Gasteiger partial charge in [-0.2, -0.15) is 0 Å². The first kappa shape index (κ1) is 11.9. The molecule has 2 N–H and O–H groups in total. The number of anilines is 3. The second kappa shape index (κ2) is 5.18.